The maximum absolute atomic E-state index is 10.5. The quantitative estimate of drug-likeness (QED) is 0.851. The Hall–Kier alpha value is -0.301. The predicted octanol–water partition coefficient (Wildman–Crippen LogP) is 3.01. The molecule has 0 amide bonds. The van der Waals surface area contributed by atoms with E-state index in [4.69, 9.17) is 0 Å². The van der Waals surface area contributed by atoms with Crippen molar-refractivity contribution in [2.75, 3.05) is 0 Å². The summed E-state index contributed by atoms with van der Waals surface area (Å²) in [5.74, 6) is 1.41. The summed E-state index contributed by atoms with van der Waals surface area (Å²) in [6, 6.07) is 10.7. The van der Waals surface area contributed by atoms with Crippen molar-refractivity contribution in [1.82, 2.24) is 0 Å². The molecule has 1 aromatic carbocycles. The topological polar surface area (TPSA) is 20.2 Å². The van der Waals surface area contributed by atoms with Crippen LogP contribution in [0, 0.1) is 11.8 Å². The molecule has 0 saturated heterocycles. The van der Waals surface area contributed by atoms with Crippen LogP contribution in [0.2, 0.25) is 4.31 Å². The summed E-state index contributed by atoms with van der Waals surface area (Å²) in [5.41, 5.74) is 0. The van der Waals surface area contributed by atoms with Gasteiger partial charge in [0.25, 0.3) is 0 Å². The van der Waals surface area contributed by atoms with Gasteiger partial charge in [-0.2, -0.15) is 0 Å². The van der Waals surface area contributed by atoms with Crippen molar-refractivity contribution in [1.29, 1.82) is 0 Å². The molecule has 3 atom stereocenters. The molecule has 1 N–H and O–H groups in total. The molecule has 1 aliphatic carbocycles. The van der Waals surface area contributed by atoms with Crippen LogP contribution < -0.4 is 4.46 Å². The van der Waals surface area contributed by atoms with Crippen LogP contribution in [0.5, 0.6) is 0 Å². The summed E-state index contributed by atoms with van der Waals surface area (Å²) in [6.07, 6.45) is 3.31. The molecule has 0 aliphatic heterocycles. The second kappa shape index (κ2) is 5.77. The molecule has 1 nitrogen and oxygen atoms in total. The van der Waals surface area contributed by atoms with E-state index in [0.29, 0.717) is 26.8 Å². The fraction of sp³-hybridized carbons (Fsp3) is 0.625. The van der Waals surface area contributed by atoms with E-state index in [1.54, 1.807) is 0 Å². The third-order valence-corrected chi connectivity index (χ3v) is 7.32. The number of hydrogen-bond acceptors (Lipinski definition) is 1. The Bertz CT molecular complexity index is 376. The van der Waals surface area contributed by atoms with Gasteiger partial charge in [0.2, 0.25) is 0 Å². The van der Waals surface area contributed by atoms with E-state index < -0.39 is 0 Å². The first-order valence-electron chi connectivity index (χ1n) is 6.93. The molecule has 0 bridgehead atoms. The number of hydrogen-bond donors (Lipinski definition) is 1. The Kier molecular flexibility index (Phi) is 4.53. The minimum absolute atomic E-state index is 0.125. The Labute approximate surface area is 117 Å². The standard InChI is InChI=1S/C16H24OSe/c1-12(2)13-9-10-16(3,15(17)11-13)18-14-7-5-4-6-8-14/h4-8,12-13,15,17H,9-11H2,1-3H3/t13-,15+,16+/m1/s1. The van der Waals surface area contributed by atoms with E-state index in [-0.39, 0.29) is 10.4 Å². The van der Waals surface area contributed by atoms with Gasteiger partial charge in [-0.3, -0.25) is 0 Å². The van der Waals surface area contributed by atoms with Gasteiger partial charge in [0.15, 0.2) is 0 Å². The fourth-order valence-corrected chi connectivity index (χ4v) is 5.47. The first-order chi connectivity index (χ1) is 8.51. The van der Waals surface area contributed by atoms with Crippen molar-refractivity contribution in [3.63, 3.8) is 0 Å². The summed E-state index contributed by atoms with van der Waals surface area (Å²) < 4.78 is 1.54. The molecule has 0 heterocycles. The normalized spacial score (nSPS) is 32.7. The van der Waals surface area contributed by atoms with E-state index in [9.17, 15) is 5.11 Å². The molecule has 2 heteroatoms. The monoisotopic (exact) mass is 312 g/mol. The fourth-order valence-electron chi connectivity index (χ4n) is 2.77. The van der Waals surface area contributed by atoms with Gasteiger partial charge in [-0.05, 0) is 0 Å². The van der Waals surface area contributed by atoms with Crippen molar-refractivity contribution in [2.24, 2.45) is 11.8 Å². The maximum atomic E-state index is 10.5. The van der Waals surface area contributed by atoms with Crippen LogP contribution in [-0.2, 0) is 0 Å². The average Bonchev–Trinajstić information content (AvgIpc) is 2.34. The first kappa shape index (κ1) is 14.1. The molecule has 0 aromatic heterocycles. The molecule has 1 aliphatic rings. The van der Waals surface area contributed by atoms with Crippen LogP contribution in [-0.4, -0.2) is 26.2 Å². The van der Waals surface area contributed by atoms with Gasteiger partial charge in [0.1, 0.15) is 0 Å². The zero-order valence-electron chi connectivity index (χ0n) is 11.6. The van der Waals surface area contributed by atoms with Crippen molar-refractivity contribution in [2.45, 2.75) is 50.5 Å². The van der Waals surface area contributed by atoms with E-state index in [1.165, 1.54) is 17.3 Å². The van der Waals surface area contributed by atoms with Gasteiger partial charge in [-0.1, -0.05) is 0 Å². The van der Waals surface area contributed by atoms with Crippen LogP contribution in [0.1, 0.15) is 40.0 Å². The summed E-state index contributed by atoms with van der Waals surface area (Å²) in [5, 5.41) is 10.5. The molecule has 1 fully saturated rings. The SMILES string of the molecule is CC(C)[C@@H]1CC[C@](C)([Se]c2ccccc2)[C@@H](O)C1. The molecular weight excluding hydrogens is 287 g/mol. The zero-order valence-corrected chi connectivity index (χ0v) is 13.3. The van der Waals surface area contributed by atoms with Crippen molar-refractivity contribution >= 4 is 19.4 Å². The van der Waals surface area contributed by atoms with Crippen LogP contribution >= 0.6 is 0 Å². The number of benzene rings is 1. The summed E-state index contributed by atoms with van der Waals surface area (Å²) in [7, 11) is 0. The second-order valence-corrected chi connectivity index (χ2v) is 9.40. The van der Waals surface area contributed by atoms with Gasteiger partial charge in [-0.25, -0.2) is 0 Å². The Morgan fingerprint density at radius 2 is 1.94 bits per heavy atom. The molecule has 0 radical (unpaired) electrons. The van der Waals surface area contributed by atoms with Crippen molar-refractivity contribution in [3.05, 3.63) is 30.3 Å². The van der Waals surface area contributed by atoms with Crippen molar-refractivity contribution < 1.29 is 5.11 Å². The van der Waals surface area contributed by atoms with Gasteiger partial charge < -0.3 is 0 Å². The molecule has 2 rings (SSSR count). The molecule has 0 unspecified atom stereocenters. The van der Waals surface area contributed by atoms with E-state index in [2.05, 4.69) is 51.1 Å². The van der Waals surface area contributed by atoms with Gasteiger partial charge in [0.05, 0.1) is 0 Å². The first-order valence-corrected chi connectivity index (χ1v) is 8.65. The third kappa shape index (κ3) is 3.17. The van der Waals surface area contributed by atoms with E-state index >= 15 is 0 Å². The molecule has 100 valence electrons. The Balaban J connectivity index is 2.04. The van der Waals surface area contributed by atoms with Crippen LogP contribution in [0.25, 0.3) is 0 Å². The van der Waals surface area contributed by atoms with Gasteiger partial charge in [0, 0.05) is 0 Å². The molecule has 0 spiro atoms. The number of aliphatic hydroxyl groups excluding tert-OH is 1. The zero-order chi connectivity index (χ0) is 13.2. The molecular formula is C16H24OSe. The second-order valence-electron chi connectivity index (χ2n) is 6.02. The number of aliphatic hydroxyl groups is 1. The molecule has 1 aromatic rings. The Morgan fingerprint density at radius 3 is 2.50 bits per heavy atom. The van der Waals surface area contributed by atoms with Gasteiger partial charge in [-0.15, -0.1) is 0 Å². The van der Waals surface area contributed by atoms with Crippen LogP contribution in [0.4, 0.5) is 0 Å². The van der Waals surface area contributed by atoms with E-state index in [1.807, 2.05) is 0 Å². The Morgan fingerprint density at radius 1 is 1.28 bits per heavy atom. The summed E-state index contributed by atoms with van der Waals surface area (Å²) in [4.78, 5) is 0. The summed E-state index contributed by atoms with van der Waals surface area (Å²) >= 11 is 0.371. The number of rotatable bonds is 3. The van der Waals surface area contributed by atoms with Crippen LogP contribution in [0.3, 0.4) is 0 Å². The third-order valence-electron chi connectivity index (χ3n) is 4.28. The average molecular weight is 311 g/mol. The summed E-state index contributed by atoms with van der Waals surface area (Å²) in [6.45, 7) is 6.84. The predicted molar refractivity (Wildman–Crippen MR) is 78.4 cm³/mol. The van der Waals surface area contributed by atoms with Crippen LogP contribution in [0.15, 0.2) is 30.3 Å². The van der Waals surface area contributed by atoms with Crippen molar-refractivity contribution in [3.8, 4) is 0 Å². The molecule has 18 heavy (non-hydrogen) atoms. The molecule has 1 saturated carbocycles. The minimum atomic E-state index is -0.126. The van der Waals surface area contributed by atoms with E-state index in [0.717, 1.165) is 6.42 Å². The van der Waals surface area contributed by atoms with Gasteiger partial charge >= 0.3 is 117 Å².